The van der Waals surface area contributed by atoms with E-state index in [1.54, 1.807) is 0 Å². The van der Waals surface area contributed by atoms with Crippen molar-refractivity contribution in [2.24, 2.45) is 0 Å². The van der Waals surface area contributed by atoms with E-state index in [1.165, 1.54) is 5.56 Å². The van der Waals surface area contributed by atoms with Crippen LogP contribution in [0.15, 0.2) is 24.3 Å². The zero-order valence-electron chi connectivity index (χ0n) is 11.3. The summed E-state index contributed by atoms with van der Waals surface area (Å²) >= 11 is 5.89. The number of carbonyl (C=O) groups is 1. The van der Waals surface area contributed by atoms with Gasteiger partial charge in [0.2, 0.25) is 0 Å². The topological polar surface area (TPSA) is 41.6 Å². The van der Waals surface area contributed by atoms with Crippen LogP contribution in [0.5, 0.6) is 0 Å². The van der Waals surface area contributed by atoms with Gasteiger partial charge in [-0.2, -0.15) is 0 Å². The van der Waals surface area contributed by atoms with Crippen LogP contribution in [0.25, 0.3) is 0 Å². The normalized spacial score (nSPS) is 23.6. The first-order valence-corrected chi connectivity index (χ1v) is 7.47. The highest BCUT2D eigenvalue weighted by Gasteiger charge is 2.31. The van der Waals surface area contributed by atoms with Crippen LogP contribution in [-0.4, -0.2) is 42.6 Å². The number of halogens is 1. The van der Waals surface area contributed by atoms with Crippen molar-refractivity contribution in [1.82, 2.24) is 10.2 Å². The van der Waals surface area contributed by atoms with E-state index in [-0.39, 0.29) is 12.0 Å². The molecule has 4 nitrogen and oxygen atoms in total. The molecule has 1 aliphatic heterocycles. The zero-order chi connectivity index (χ0) is 13.9. The highest BCUT2D eigenvalue weighted by atomic mass is 35.5. The summed E-state index contributed by atoms with van der Waals surface area (Å²) in [5.74, 6) is 0.0355. The average Bonchev–Trinajstić information content (AvgIpc) is 3.26. The molecule has 0 bridgehead atoms. The number of ether oxygens (including phenoxy) is 1. The van der Waals surface area contributed by atoms with Crippen LogP contribution in [0.4, 0.5) is 0 Å². The maximum Gasteiger partial charge on any atom is 0.250 e. The predicted molar refractivity (Wildman–Crippen MR) is 77.6 cm³/mol. The first kappa shape index (κ1) is 13.9. The molecule has 1 saturated heterocycles. The third-order valence-corrected chi connectivity index (χ3v) is 3.94. The van der Waals surface area contributed by atoms with Crippen molar-refractivity contribution < 1.29 is 9.53 Å². The SMILES string of the molecule is O=C(NC1CC1)C1CN(Cc2ccc(Cl)cc2)CCO1. The number of hydrogen-bond acceptors (Lipinski definition) is 3. The maximum absolute atomic E-state index is 12.0. The van der Waals surface area contributed by atoms with E-state index in [1.807, 2.05) is 24.3 Å². The quantitative estimate of drug-likeness (QED) is 0.921. The van der Waals surface area contributed by atoms with E-state index in [0.717, 1.165) is 31.0 Å². The molecule has 0 spiro atoms. The summed E-state index contributed by atoms with van der Waals surface area (Å²) in [4.78, 5) is 14.3. The number of rotatable bonds is 4. The molecule has 1 aromatic rings. The molecule has 1 heterocycles. The van der Waals surface area contributed by atoms with Crippen molar-refractivity contribution >= 4 is 17.5 Å². The van der Waals surface area contributed by atoms with Gasteiger partial charge in [-0.1, -0.05) is 23.7 Å². The maximum atomic E-state index is 12.0. The Morgan fingerprint density at radius 1 is 1.35 bits per heavy atom. The molecule has 2 aliphatic rings. The lowest BCUT2D eigenvalue weighted by molar-refractivity contribution is -0.138. The predicted octanol–water partition coefficient (Wildman–Crippen LogP) is 1.82. The lowest BCUT2D eigenvalue weighted by Crippen LogP contribution is -2.49. The van der Waals surface area contributed by atoms with Crippen LogP contribution in [0.3, 0.4) is 0 Å². The van der Waals surface area contributed by atoms with Crippen molar-refractivity contribution in [3.8, 4) is 0 Å². The molecule has 20 heavy (non-hydrogen) atoms. The highest BCUT2D eigenvalue weighted by Crippen LogP contribution is 2.20. The van der Waals surface area contributed by atoms with E-state index < -0.39 is 0 Å². The summed E-state index contributed by atoms with van der Waals surface area (Å²) in [5.41, 5.74) is 1.21. The lowest BCUT2D eigenvalue weighted by atomic mass is 10.2. The Kier molecular flexibility index (Phi) is 4.24. The second-order valence-electron chi connectivity index (χ2n) is 5.50. The fourth-order valence-corrected chi connectivity index (χ4v) is 2.50. The molecule has 0 aromatic heterocycles. The standard InChI is InChI=1S/C15H19ClN2O2/c16-12-3-1-11(2-4-12)9-18-7-8-20-14(10-18)15(19)17-13-5-6-13/h1-4,13-14H,5-10H2,(H,17,19). The summed E-state index contributed by atoms with van der Waals surface area (Å²) in [6, 6.07) is 8.23. The molecule has 1 atom stereocenters. The van der Waals surface area contributed by atoms with Crippen LogP contribution in [0.2, 0.25) is 5.02 Å². The number of nitrogens with one attached hydrogen (secondary N) is 1. The van der Waals surface area contributed by atoms with Gasteiger partial charge in [-0.25, -0.2) is 0 Å². The Hall–Kier alpha value is -1.10. The summed E-state index contributed by atoms with van der Waals surface area (Å²) in [6.45, 7) is 2.95. The Bertz CT molecular complexity index is 473. The first-order valence-electron chi connectivity index (χ1n) is 7.09. The molecule has 108 valence electrons. The van der Waals surface area contributed by atoms with Gasteiger partial charge in [0.05, 0.1) is 6.61 Å². The van der Waals surface area contributed by atoms with Gasteiger partial charge in [-0.3, -0.25) is 9.69 Å². The summed E-state index contributed by atoms with van der Waals surface area (Å²) in [5, 5.41) is 3.76. The molecule has 1 saturated carbocycles. The van der Waals surface area contributed by atoms with Gasteiger partial charge in [0.1, 0.15) is 6.10 Å². The summed E-state index contributed by atoms with van der Waals surface area (Å²) < 4.78 is 5.58. The van der Waals surface area contributed by atoms with Gasteiger partial charge in [0.25, 0.3) is 5.91 Å². The largest absolute Gasteiger partial charge is 0.366 e. The summed E-state index contributed by atoms with van der Waals surface area (Å²) in [7, 11) is 0. The Morgan fingerprint density at radius 2 is 2.10 bits per heavy atom. The van der Waals surface area contributed by atoms with Gasteiger partial charge < -0.3 is 10.1 Å². The van der Waals surface area contributed by atoms with E-state index in [2.05, 4.69) is 10.2 Å². The van der Waals surface area contributed by atoms with Crippen molar-refractivity contribution in [1.29, 1.82) is 0 Å². The van der Waals surface area contributed by atoms with E-state index in [0.29, 0.717) is 19.2 Å². The number of morpholine rings is 1. The van der Waals surface area contributed by atoms with Gasteiger partial charge >= 0.3 is 0 Å². The molecule has 1 amide bonds. The highest BCUT2D eigenvalue weighted by molar-refractivity contribution is 6.30. The van der Waals surface area contributed by atoms with Crippen molar-refractivity contribution in [2.45, 2.75) is 31.5 Å². The van der Waals surface area contributed by atoms with Crippen molar-refractivity contribution in [3.63, 3.8) is 0 Å². The van der Waals surface area contributed by atoms with Crippen LogP contribution in [0, 0.1) is 0 Å². The number of hydrogen-bond donors (Lipinski definition) is 1. The third-order valence-electron chi connectivity index (χ3n) is 3.69. The number of nitrogens with zero attached hydrogens (tertiary/aromatic N) is 1. The molecule has 1 unspecified atom stereocenters. The van der Waals surface area contributed by atoms with Gasteiger partial charge in [-0.05, 0) is 30.5 Å². The minimum absolute atomic E-state index is 0.0355. The first-order chi connectivity index (χ1) is 9.70. The van der Waals surface area contributed by atoms with Crippen molar-refractivity contribution in [2.75, 3.05) is 19.7 Å². The third kappa shape index (κ3) is 3.72. The lowest BCUT2D eigenvalue weighted by Gasteiger charge is -2.32. The fourth-order valence-electron chi connectivity index (χ4n) is 2.37. The molecule has 0 radical (unpaired) electrons. The minimum atomic E-state index is -0.336. The second-order valence-corrected chi connectivity index (χ2v) is 5.94. The fraction of sp³-hybridized carbons (Fsp3) is 0.533. The molecule has 1 aliphatic carbocycles. The van der Waals surface area contributed by atoms with Crippen LogP contribution < -0.4 is 5.32 Å². The van der Waals surface area contributed by atoms with E-state index >= 15 is 0 Å². The molecular formula is C15H19ClN2O2. The smallest absolute Gasteiger partial charge is 0.250 e. The molecule has 5 heteroatoms. The monoisotopic (exact) mass is 294 g/mol. The Morgan fingerprint density at radius 3 is 2.80 bits per heavy atom. The van der Waals surface area contributed by atoms with Gasteiger partial charge in [-0.15, -0.1) is 0 Å². The summed E-state index contributed by atoms with van der Waals surface area (Å²) in [6.07, 6.45) is 1.87. The average molecular weight is 295 g/mol. The van der Waals surface area contributed by atoms with E-state index in [9.17, 15) is 4.79 Å². The van der Waals surface area contributed by atoms with E-state index in [4.69, 9.17) is 16.3 Å². The van der Waals surface area contributed by atoms with Crippen LogP contribution >= 0.6 is 11.6 Å². The van der Waals surface area contributed by atoms with Gasteiger partial charge in [0, 0.05) is 30.7 Å². The molecule has 1 N–H and O–H groups in total. The molecule has 3 rings (SSSR count). The second kappa shape index (κ2) is 6.12. The number of benzene rings is 1. The Labute approximate surface area is 124 Å². The molecular weight excluding hydrogens is 276 g/mol. The zero-order valence-corrected chi connectivity index (χ0v) is 12.1. The minimum Gasteiger partial charge on any atom is -0.366 e. The Balaban J connectivity index is 1.54. The number of carbonyl (C=O) groups excluding carboxylic acids is 1. The molecule has 1 aromatic carbocycles. The van der Waals surface area contributed by atoms with Gasteiger partial charge in [0.15, 0.2) is 0 Å². The molecule has 2 fully saturated rings. The van der Waals surface area contributed by atoms with Crippen LogP contribution in [-0.2, 0) is 16.1 Å². The number of amides is 1. The van der Waals surface area contributed by atoms with Crippen molar-refractivity contribution in [3.05, 3.63) is 34.9 Å². The van der Waals surface area contributed by atoms with Crippen LogP contribution in [0.1, 0.15) is 18.4 Å².